The number of hydrogen-bond acceptors (Lipinski definition) is 5. The molecule has 0 amide bonds. The number of hydrogen-bond donors (Lipinski definition) is 3. The van der Waals surface area contributed by atoms with Crippen molar-refractivity contribution >= 4 is 10.0 Å². The molecule has 0 radical (unpaired) electrons. The first-order chi connectivity index (χ1) is 14.8. The maximum Gasteiger partial charge on any atom is 0.573 e. The van der Waals surface area contributed by atoms with Gasteiger partial charge in [-0.25, -0.2) is 13.1 Å². The van der Waals surface area contributed by atoms with Crippen LogP contribution in [-0.4, -0.2) is 37.7 Å². The molecule has 5 saturated carbocycles. The van der Waals surface area contributed by atoms with Gasteiger partial charge in [-0.15, -0.1) is 13.2 Å². The Morgan fingerprint density at radius 1 is 1.00 bits per heavy atom. The number of nitrogens with one attached hydrogen (secondary N) is 2. The summed E-state index contributed by atoms with van der Waals surface area (Å²) in [6.07, 6.45) is -1.01. The van der Waals surface area contributed by atoms with Crippen molar-refractivity contribution in [2.24, 2.45) is 35.5 Å². The highest BCUT2D eigenvalue weighted by molar-refractivity contribution is 7.89. The number of halogens is 3. The van der Waals surface area contributed by atoms with Gasteiger partial charge >= 0.3 is 6.36 Å². The van der Waals surface area contributed by atoms with Crippen LogP contribution >= 0.6 is 0 Å². The van der Waals surface area contributed by atoms with E-state index in [9.17, 15) is 26.7 Å². The van der Waals surface area contributed by atoms with Crippen LogP contribution in [0.5, 0.6) is 5.75 Å². The van der Waals surface area contributed by atoms with Crippen molar-refractivity contribution in [1.29, 1.82) is 0 Å². The molecule has 3 N–H and O–H groups in total. The Hall–Kier alpha value is -1.36. The van der Waals surface area contributed by atoms with Gasteiger partial charge in [0.2, 0.25) is 10.0 Å². The van der Waals surface area contributed by atoms with Gasteiger partial charge in [-0.1, -0.05) is 0 Å². The fourth-order valence-corrected chi connectivity index (χ4v) is 8.64. The maximum absolute atomic E-state index is 12.8. The highest BCUT2D eigenvalue weighted by Crippen LogP contribution is 2.68. The van der Waals surface area contributed by atoms with Crippen molar-refractivity contribution in [1.82, 2.24) is 10.0 Å². The highest BCUT2D eigenvalue weighted by atomic mass is 32.2. The molecule has 5 fully saturated rings. The molecule has 6 rings (SSSR count). The third kappa shape index (κ3) is 3.82. The van der Waals surface area contributed by atoms with Gasteiger partial charge in [0.25, 0.3) is 0 Å². The first-order valence-electron chi connectivity index (χ1n) is 11.2. The molecule has 6 nitrogen and oxygen atoms in total. The Bertz CT molecular complexity index is 980. The van der Waals surface area contributed by atoms with E-state index in [0.717, 1.165) is 47.9 Å². The van der Waals surface area contributed by atoms with Gasteiger partial charge in [0.15, 0.2) is 0 Å². The van der Waals surface area contributed by atoms with Gasteiger partial charge in [-0.05, 0) is 99.3 Å². The molecule has 0 aliphatic heterocycles. The second-order valence-electron chi connectivity index (χ2n) is 10.6. The zero-order valence-electron chi connectivity index (χ0n) is 18.0. The summed E-state index contributed by atoms with van der Waals surface area (Å²) in [5, 5.41) is 14.3. The molecule has 10 heteroatoms. The van der Waals surface area contributed by atoms with Gasteiger partial charge in [-0.3, -0.25) is 5.32 Å². The lowest BCUT2D eigenvalue weighted by atomic mass is 9.58. The van der Waals surface area contributed by atoms with Crippen molar-refractivity contribution in [2.45, 2.75) is 68.6 Å². The zero-order chi connectivity index (χ0) is 23.1. The van der Waals surface area contributed by atoms with Gasteiger partial charge in [0.05, 0.1) is 10.4 Å². The molecule has 8 atom stereocenters. The Kier molecular flexibility index (Phi) is 5.13. The van der Waals surface area contributed by atoms with E-state index in [2.05, 4.69) is 14.8 Å². The van der Waals surface area contributed by atoms with Crippen molar-refractivity contribution < 1.29 is 31.4 Å². The SMILES string of the molecule is CC(C)(NS(=O)(=O)c1ccc(OC(F)(F)F)cc1)C(O)NC1C2CC3CC4CC1C3C4C2. The van der Waals surface area contributed by atoms with Gasteiger partial charge in [0.1, 0.15) is 12.0 Å². The molecule has 1 aromatic rings. The summed E-state index contributed by atoms with van der Waals surface area (Å²) in [6, 6.07) is 4.18. The number of sulfonamides is 1. The van der Waals surface area contributed by atoms with Crippen LogP contribution in [0.4, 0.5) is 13.2 Å². The second kappa shape index (κ2) is 7.32. The molecular formula is C22H29F3N2O4S. The highest BCUT2D eigenvalue weighted by Gasteiger charge is 2.64. The monoisotopic (exact) mass is 474 g/mol. The Balaban J connectivity index is 1.25. The summed E-state index contributed by atoms with van der Waals surface area (Å²) >= 11 is 0. The fraction of sp³-hybridized carbons (Fsp3) is 0.727. The molecule has 178 valence electrons. The summed E-state index contributed by atoms with van der Waals surface area (Å²) in [5.74, 6) is 3.81. The lowest BCUT2D eigenvalue weighted by Crippen LogP contribution is -2.64. The van der Waals surface area contributed by atoms with Crippen LogP contribution in [-0.2, 0) is 10.0 Å². The smallest absolute Gasteiger partial charge is 0.406 e. The standard InChI is InChI=1S/C22H29F3N2O4S/c1-21(2,27-32(29,30)15-5-3-14(4-6-15)31-22(23,24)25)20(28)26-19-13-8-12-7-11-9-17(19)18(12)16(11)10-13/h3-6,11-13,16-20,26-28H,7-10H2,1-2H3. The van der Waals surface area contributed by atoms with Crippen LogP contribution in [0.1, 0.15) is 39.5 Å². The van der Waals surface area contributed by atoms with Gasteiger partial charge in [-0.2, -0.15) is 0 Å². The van der Waals surface area contributed by atoms with E-state index in [1.807, 2.05) is 0 Å². The third-order valence-electron chi connectivity index (χ3n) is 8.27. The summed E-state index contributed by atoms with van der Waals surface area (Å²) in [4.78, 5) is -0.206. The van der Waals surface area contributed by atoms with Crippen molar-refractivity contribution in [2.75, 3.05) is 0 Å². The topological polar surface area (TPSA) is 87.7 Å². The summed E-state index contributed by atoms with van der Waals surface area (Å²) in [6.45, 7) is 3.19. The van der Waals surface area contributed by atoms with Gasteiger partial charge in [0, 0.05) is 6.04 Å². The van der Waals surface area contributed by atoms with E-state index in [-0.39, 0.29) is 10.9 Å². The van der Waals surface area contributed by atoms with Crippen molar-refractivity contribution in [3.8, 4) is 5.75 Å². The fourth-order valence-electron chi connectivity index (χ4n) is 7.23. The number of ether oxygens (including phenoxy) is 1. The third-order valence-corrected chi connectivity index (χ3v) is 9.96. The molecule has 0 saturated heterocycles. The van der Waals surface area contributed by atoms with E-state index in [4.69, 9.17) is 0 Å². The first-order valence-corrected chi connectivity index (χ1v) is 12.7. The molecule has 0 aromatic heterocycles. The molecular weight excluding hydrogens is 445 g/mol. The maximum atomic E-state index is 12.8. The van der Waals surface area contributed by atoms with E-state index >= 15 is 0 Å². The quantitative estimate of drug-likeness (QED) is 0.528. The number of alkyl halides is 3. The van der Waals surface area contributed by atoms with Crippen LogP contribution in [0.15, 0.2) is 29.2 Å². The van der Waals surface area contributed by atoms with Crippen molar-refractivity contribution in [3.63, 3.8) is 0 Å². The normalized spacial score (nSPS) is 36.6. The molecule has 5 aliphatic carbocycles. The first kappa shape index (κ1) is 22.4. The Morgan fingerprint density at radius 2 is 1.62 bits per heavy atom. The molecule has 5 aliphatic rings. The van der Waals surface area contributed by atoms with E-state index in [1.54, 1.807) is 13.8 Å². The summed E-state index contributed by atoms with van der Waals surface area (Å²) < 4.78 is 68.9. The predicted molar refractivity (Wildman–Crippen MR) is 110 cm³/mol. The van der Waals surface area contributed by atoms with Crippen LogP contribution < -0.4 is 14.8 Å². The van der Waals surface area contributed by atoms with Crippen LogP contribution in [0.25, 0.3) is 0 Å². The van der Waals surface area contributed by atoms with E-state index < -0.39 is 33.9 Å². The number of aliphatic hydroxyl groups is 1. The Labute approximate surface area is 186 Å². The lowest BCUT2D eigenvalue weighted by Gasteiger charge is -2.52. The summed E-state index contributed by atoms with van der Waals surface area (Å²) in [5.41, 5.74) is -1.22. The largest absolute Gasteiger partial charge is 0.573 e. The molecule has 8 unspecified atom stereocenters. The molecule has 6 bridgehead atoms. The lowest BCUT2D eigenvalue weighted by molar-refractivity contribution is -0.274. The molecule has 0 heterocycles. The number of rotatable bonds is 7. The van der Waals surface area contributed by atoms with Crippen LogP contribution in [0.3, 0.4) is 0 Å². The minimum absolute atomic E-state index is 0.190. The zero-order valence-corrected chi connectivity index (χ0v) is 18.8. The average molecular weight is 475 g/mol. The predicted octanol–water partition coefficient (Wildman–Crippen LogP) is 3.23. The average Bonchev–Trinajstić information content (AvgIpc) is 3.09. The second-order valence-corrected chi connectivity index (χ2v) is 12.3. The van der Waals surface area contributed by atoms with E-state index in [0.29, 0.717) is 11.8 Å². The molecule has 1 aromatic carbocycles. The molecule has 0 spiro atoms. The number of benzene rings is 1. The summed E-state index contributed by atoms with van der Waals surface area (Å²) in [7, 11) is -4.07. The minimum atomic E-state index is -4.85. The van der Waals surface area contributed by atoms with Gasteiger partial charge < -0.3 is 9.84 Å². The molecule has 32 heavy (non-hydrogen) atoms. The van der Waals surface area contributed by atoms with Crippen molar-refractivity contribution in [3.05, 3.63) is 24.3 Å². The van der Waals surface area contributed by atoms with Crippen LogP contribution in [0, 0.1) is 35.5 Å². The van der Waals surface area contributed by atoms with Crippen LogP contribution in [0.2, 0.25) is 0 Å². The van der Waals surface area contributed by atoms with E-state index in [1.165, 1.54) is 25.7 Å². The Morgan fingerprint density at radius 3 is 2.25 bits per heavy atom. The number of aliphatic hydroxyl groups excluding tert-OH is 1. The minimum Gasteiger partial charge on any atom is -0.406 e.